The molecule has 4 rings (SSSR count). The second-order valence-corrected chi connectivity index (χ2v) is 9.04. The Morgan fingerprint density at radius 3 is 2.26 bits per heavy atom. The molecule has 0 aliphatic carbocycles. The number of carbonyl (C=O) groups is 1. The van der Waals surface area contributed by atoms with E-state index in [-0.39, 0.29) is 6.42 Å². The van der Waals surface area contributed by atoms with Crippen LogP contribution in [0.2, 0.25) is 0 Å². The summed E-state index contributed by atoms with van der Waals surface area (Å²) >= 11 is 0. The number of benzene rings is 2. The Morgan fingerprint density at radius 1 is 1.03 bits per heavy atom. The van der Waals surface area contributed by atoms with Crippen molar-refractivity contribution in [1.82, 2.24) is 19.5 Å². The quantitative estimate of drug-likeness (QED) is 0.399. The summed E-state index contributed by atoms with van der Waals surface area (Å²) in [5.41, 5.74) is 1.33. The fourth-order valence-electron chi connectivity index (χ4n) is 4.32. The molecule has 0 saturated heterocycles. The number of hydrogen-bond acceptors (Lipinski definition) is 4. The summed E-state index contributed by atoms with van der Waals surface area (Å²) < 4.78 is 40.6. The highest BCUT2D eigenvalue weighted by molar-refractivity contribution is 5.83. The van der Waals surface area contributed by atoms with Crippen molar-refractivity contribution in [2.45, 2.75) is 31.5 Å². The molecule has 182 valence electrons. The van der Waals surface area contributed by atoms with Gasteiger partial charge in [-0.25, -0.2) is 9.50 Å². The third-order valence-electron chi connectivity index (χ3n) is 6.01. The third-order valence-corrected chi connectivity index (χ3v) is 6.01. The molecule has 2 aromatic heterocycles. The molecule has 0 fully saturated rings. The zero-order valence-electron chi connectivity index (χ0n) is 19.5. The summed E-state index contributed by atoms with van der Waals surface area (Å²) in [4.78, 5) is 19.2. The first-order valence-electron chi connectivity index (χ1n) is 11.0. The minimum Gasteiger partial charge on any atom is -0.481 e. The van der Waals surface area contributed by atoms with Crippen molar-refractivity contribution in [1.29, 1.82) is 0 Å². The minimum absolute atomic E-state index is 0.220. The van der Waals surface area contributed by atoms with E-state index in [0.29, 0.717) is 34.6 Å². The summed E-state index contributed by atoms with van der Waals surface area (Å²) in [6.45, 7) is 2.10. The molecule has 0 unspecified atom stereocenters. The largest absolute Gasteiger partial charge is 0.481 e. The van der Waals surface area contributed by atoms with Crippen LogP contribution in [-0.4, -0.2) is 44.7 Å². The van der Waals surface area contributed by atoms with Gasteiger partial charge in [0.2, 0.25) is 0 Å². The predicted molar refractivity (Wildman–Crippen MR) is 126 cm³/mol. The SMILES string of the molecule is CN(C)Cc1cnc2c(-c3ccc(C(F)(F)F)cc3)cnn2c1[C@@](C)(Cc1ccccc1)C(=O)O. The maximum Gasteiger partial charge on any atom is 0.416 e. The van der Waals surface area contributed by atoms with E-state index in [1.165, 1.54) is 22.8 Å². The molecule has 1 atom stereocenters. The van der Waals surface area contributed by atoms with Gasteiger partial charge in [0.1, 0.15) is 5.41 Å². The number of alkyl halides is 3. The molecule has 0 spiro atoms. The summed E-state index contributed by atoms with van der Waals surface area (Å²) in [5.74, 6) is -1.01. The van der Waals surface area contributed by atoms with Crippen LogP contribution in [0, 0.1) is 0 Å². The molecule has 35 heavy (non-hydrogen) atoms. The summed E-state index contributed by atoms with van der Waals surface area (Å²) in [6.07, 6.45) is -1.07. The normalized spacial score (nSPS) is 13.8. The van der Waals surface area contributed by atoms with Crippen molar-refractivity contribution in [2.24, 2.45) is 0 Å². The Kier molecular flexibility index (Phi) is 6.38. The topological polar surface area (TPSA) is 70.7 Å². The van der Waals surface area contributed by atoms with Crippen molar-refractivity contribution in [3.8, 4) is 11.1 Å². The van der Waals surface area contributed by atoms with Crippen LogP contribution in [0.4, 0.5) is 13.2 Å². The second-order valence-electron chi connectivity index (χ2n) is 9.04. The second kappa shape index (κ2) is 9.14. The van der Waals surface area contributed by atoms with E-state index < -0.39 is 23.1 Å². The Bertz CT molecular complexity index is 1350. The van der Waals surface area contributed by atoms with Gasteiger partial charge in [-0.3, -0.25) is 4.79 Å². The highest BCUT2D eigenvalue weighted by atomic mass is 19.4. The zero-order valence-corrected chi connectivity index (χ0v) is 19.5. The molecule has 9 heteroatoms. The average molecular weight is 483 g/mol. The number of aliphatic carboxylic acids is 1. The molecular weight excluding hydrogens is 457 g/mol. The number of nitrogens with zero attached hydrogens (tertiary/aromatic N) is 4. The van der Waals surface area contributed by atoms with Crippen molar-refractivity contribution >= 4 is 11.6 Å². The number of aromatic nitrogens is 3. The van der Waals surface area contributed by atoms with Gasteiger partial charge in [0.05, 0.1) is 17.5 Å². The van der Waals surface area contributed by atoms with Crippen LogP contribution in [-0.2, 0) is 29.4 Å². The minimum atomic E-state index is -4.44. The van der Waals surface area contributed by atoms with Crippen molar-refractivity contribution in [3.05, 3.63) is 89.4 Å². The Hall–Kier alpha value is -3.72. The Balaban J connectivity index is 1.91. The molecule has 6 nitrogen and oxygen atoms in total. The molecule has 0 amide bonds. The van der Waals surface area contributed by atoms with Crippen LogP contribution in [0.15, 0.2) is 67.0 Å². The van der Waals surface area contributed by atoms with E-state index in [9.17, 15) is 23.1 Å². The molecule has 0 aliphatic heterocycles. The lowest BCUT2D eigenvalue weighted by Crippen LogP contribution is -2.39. The van der Waals surface area contributed by atoms with Crippen LogP contribution >= 0.6 is 0 Å². The fraction of sp³-hybridized carbons (Fsp3) is 0.269. The first-order valence-corrected chi connectivity index (χ1v) is 11.0. The van der Waals surface area contributed by atoms with Gasteiger partial charge in [-0.1, -0.05) is 42.5 Å². The molecule has 0 radical (unpaired) electrons. The molecule has 0 bridgehead atoms. The van der Waals surface area contributed by atoms with Crippen molar-refractivity contribution < 1.29 is 23.1 Å². The fourth-order valence-corrected chi connectivity index (χ4v) is 4.32. The maximum absolute atomic E-state index is 13.0. The standard InChI is InChI=1S/C26H25F3N4O2/c1-25(24(34)35,13-17-7-5-4-6-8-17)22-19(16-32(2)3)14-30-23-21(15-31-33(22)23)18-9-11-20(12-10-18)26(27,28)29/h4-12,14-15H,13,16H2,1-3H3,(H,34,35)/t25-/m1/s1. The van der Waals surface area contributed by atoms with Gasteiger partial charge in [0.25, 0.3) is 0 Å². The molecule has 1 N–H and O–H groups in total. The molecule has 0 aliphatic rings. The first kappa shape index (κ1) is 24.4. The molecule has 2 heterocycles. The van der Waals surface area contributed by atoms with E-state index in [4.69, 9.17) is 0 Å². The number of carboxylic acids is 1. The van der Waals surface area contributed by atoms with Crippen LogP contribution in [0.3, 0.4) is 0 Å². The highest BCUT2D eigenvalue weighted by Crippen LogP contribution is 2.35. The van der Waals surface area contributed by atoms with Crippen LogP contribution in [0.5, 0.6) is 0 Å². The summed E-state index contributed by atoms with van der Waals surface area (Å²) in [7, 11) is 3.75. The number of halogens is 3. The lowest BCUT2D eigenvalue weighted by molar-refractivity contribution is -0.143. The average Bonchev–Trinajstić information content (AvgIpc) is 3.22. The van der Waals surface area contributed by atoms with Gasteiger partial charge < -0.3 is 10.0 Å². The van der Waals surface area contributed by atoms with E-state index >= 15 is 0 Å². The van der Waals surface area contributed by atoms with Crippen LogP contribution in [0.1, 0.15) is 29.3 Å². The van der Waals surface area contributed by atoms with Crippen LogP contribution < -0.4 is 0 Å². The summed E-state index contributed by atoms with van der Waals surface area (Å²) in [6, 6.07) is 14.1. The van der Waals surface area contributed by atoms with E-state index in [2.05, 4.69) is 10.1 Å². The molecule has 2 aromatic carbocycles. The molecular formula is C26H25F3N4O2. The first-order chi connectivity index (χ1) is 16.5. The van der Waals surface area contributed by atoms with Gasteiger partial charge in [-0.15, -0.1) is 0 Å². The molecule has 0 saturated carbocycles. The Labute approximate surface area is 200 Å². The van der Waals surface area contributed by atoms with E-state index in [0.717, 1.165) is 17.7 Å². The number of rotatable bonds is 7. The highest BCUT2D eigenvalue weighted by Gasteiger charge is 2.40. The maximum atomic E-state index is 13.0. The monoisotopic (exact) mass is 482 g/mol. The summed E-state index contributed by atoms with van der Waals surface area (Å²) in [5, 5.41) is 14.9. The zero-order chi connectivity index (χ0) is 25.4. The third kappa shape index (κ3) is 4.77. The van der Waals surface area contributed by atoms with E-state index in [1.807, 2.05) is 49.3 Å². The van der Waals surface area contributed by atoms with Gasteiger partial charge in [0, 0.05) is 23.9 Å². The van der Waals surface area contributed by atoms with E-state index in [1.54, 1.807) is 13.1 Å². The van der Waals surface area contributed by atoms with Gasteiger partial charge >= 0.3 is 12.1 Å². The van der Waals surface area contributed by atoms with Gasteiger partial charge in [-0.2, -0.15) is 18.3 Å². The van der Waals surface area contributed by atoms with Gasteiger partial charge in [-0.05, 0) is 50.7 Å². The van der Waals surface area contributed by atoms with Crippen molar-refractivity contribution in [2.75, 3.05) is 14.1 Å². The number of carboxylic acid groups (broad SMARTS) is 1. The number of hydrogen-bond donors (Lipinski definition) is 1. The smallest absolute Gasteiger partial charge is 0.416 e. The lowest BCUT2D eigenvalue weighted by atomic mass is 9.78. The van der Waals surface area contributed by atoms with Crippen LogP contribution in [0.25, 0.3) is 16.8 Å². The Morgan fingerprint density at radius 2 is 1.69 bits per heavy atom. The number of fused-ring (bicyclic) bond motifs is 1. The predicted octanol–water partition coefficient (Wildman–Crippen LogP) is 5.06. The molecule has 4 aromatic rings. The lowest BCUT2D eigenvalue weighted by Gasteiger charge is -2.29. The van der Waals surface area contributed by atoms with Crippen molar-refractivity contribution in [3.63, 3.8) is 0 Å². The van der Waals surface area contributed by atoms with Gasteiger partial charge in [0.15, 0.2) is 5.65 Å².